The highest BCUT2D eigenvalue weighted by Crippen LogP contribution is 2.78. The van der Waals surface area contributed by atoms with Gasteiger partial charge in [-0.3, -0.25) is 9.69 Å². The van der Waals surface area contributed by atoms with E-state index >= 15 is 0 Å². The zero-order valence-corrected chi connectivity index (χ0v) is 27.8. The second-order valence-electron chi connectivity index (χ2n) is 16.5. The summed E-state index contributed by atoms with van der Waals surface area (Å²) < 4.78 is 0. The lowest BCUT2D eigenvalue weighted by molar-refractivity contribution is -0.176. The minimum absolute atomic E-state index is 0.0272. The highest BCUT2D eigenvalue weighted by atomic mass is 16.3. The van der Waals surface area contributed by atoms with Gasteiger partial charge in [0.1, 0.15) is 0 Å². The van der Waals surface area contributed by atoms with E-state index in [0.29, 0.717) is 18.9 Å². The number of carbonyl (C=O) groups is 1. The molecule has 6 aliphatic carbocycles. The molecule has 2 bridgehead atoms. The van der Waals surface area contributed by atoms with Gasteiger partial charge >= 0.3 is 0 Å². The molecule has 0 saturated heterocycles. The molecule has 8 atom stereocenters. The van der Waals surface area contributed by atoms with Crippen molar-refractivity contribution in [3.8, 4) is 11.1 Å². The molecule has 3 aromatic rings. The van der Waals surface area contributed by atoms with Gasteiger partial charge in [0, 0.05) is 47.0 Å². The highest BCUT2D eigenvalue weighted by Gasteiger charge is 2.74. The number of aliphatic hydroxyl groups excluding tert-OH is 1. The first-order valence-corrected chi connectivity index (χ1v) is 17.9. The van der Waals surface area contributed by atoms with Crippen molar-refractivity contribution in [1.82, 2.24) is 4.90 Å². The second-order valence-corrected chi connectivity index (χ2v) is 16.5. The van der Waals surface area contributed by atoms with Crippen molar-refractivity contribution in [1.29, 1.82) is 0 Å². The van der Waals surface area contributed by atoms with E-state index in [4.69, 9.17) is 0 Å². The molecule has 4 heteroatoms. The van der Waals surface area contributed by atoms with Crippen LogP contribution in [0.1, 0.15) is 80.3 Å². The van der Waals surface area contributed by atoms with Gasteiger partial charge in [0.25, 0.3) is 0 Å². The third kappa shape index (κ3) is 3.95. The minimum Gasteiger partial charge on any atom is -0.393 e. The van der Waals surface area contributed by atoms with Crippen molar-refractivity contribution in [2.75, 3.05) is 6.54 Å². The molecular formula is C43H47NO3. The van der Waals surface area contributed by atoms with Crippen molar-refractivity contribution in [2.45, 2.75) is 83.6 Å². The number of benzene rings is 3. The Morgan fingerprint density at radius 1 is 0.766 bits per heavy atom. The van der Waals surface area contributed by atoms with Crippen molar-refractivity contribution >= 4 is 5.78 Å². The molecule has 0 aromatic heterocycles. The molecule has 3 aromatic carbocycles. The lowest BCUT2D eigenvalue weighted by Gasteiger charge is -2.71. The summed E-state index contributed by atoms with van der Waals surface area (Å²) in [5.41, 5.74) is 4.73. The molecule has 3 fully saturated rings. The number of nitrogens with zero attached hydrogens (tertiary/aromatic N) is 1. The lowest BCUT2D eigenvalue weighted by atomic mass is 9.32. The Hall–Kier alpha value is -3.31. The van der Waals surface area contributed by atoms with Crippen molar-refractivity contribution in [3.63, 3.8) is 0 Å². The number of hydrogen-bond donors (Lipinski definition) is 2. The Labute approximate surface area is 279 Å². The van der Waals surface area contributed by atoms with Crippen LogP contribution >= 0.6 is 0 Å². The van der Waals surface area contributed by atoms with Crippen LogP contribution in [0.5, 0.6) is 0 Å². The van der Waals surface area contributed by atoms with E-state index in [9.17, 15) is 15.0 Å². The van der Waals surface area contributed by atoms with Crippen molar-refractivity contribution < 1.29 is 15.0 Å². The van der Waals surface area contributed by atoms with Crippen LogP contribution in [0.2, 0.25) is 0 Å². The average Bonchev–Trinajstić information content (AvgIpc) is 3.61. The first kappa shape index (κ1) is 29.8. The van der Waals surface area contributed by atoms with Gasteiger partial charge in [0.2, 0.25) is 0 Å². The third-order valence-corrected chi connectivity index (χ3v) is 14.6. The van der Waals surface area contributed by atoms with Crippen LogP contribution < -0.4 is 0 Å². The van der Waals surface area contributed by atoms with E-state index in [0.717, 1.165) is 73.9 Å². The standard InChI is InChI=1S/C43H47NO3/c1-39-19-16-34(45)24-41(39)22-23-43(35(25-41)38(46)31-14-12-30(13-15-31)29-8-4-3-5-9-29)36(39)17-20-40(2)37(43)18-21-42(40,47)28-44-26-32-10-6-7-11-33(32)27-44/h3-15,22-23,25,34,36-37,45,47H,16-21,24,26-28H2,1-2H3/t34?,36-,37-,39-,40+,41+,42-,43-/m1/s1. The number of allylic oxidation sites excluding steroid dienone is 4. The van der Waals surface area contributed by atoms with E-state index < -0.39 is 11.0 Å². The molecule has 47 heavy (non-hydrogen) atoms. The molecule has 0 radical (unpaired) electrons. The van der Waals surface area contributed by atoms with E-state index in [1.165, 1.54) is 11.1 Å². The largest absolute Gasteiger partial charge is 0.393 e. The fourth-order valence-corrected chi connectivity index (χ4v) is 12.1. The molecule has 0 amide bonds. The Balaban J connectivity index is 1.12. The maximum absolute atomic E-state index is 15.0. The number of hydrogen-bond acceptors (Lipinski definition) is 4. The zero-order chi connectivity index (χ0) is 32.2. The van der Waals surface area contributed by atoms with E-state index in [1.54, 1.807) is 0 Å². The van der Waals surface area contributed by atoms with Gasteiger partial charge in [-0.2, -0.15) is 0 Å². The summed E-state index contributed by atoms with van der Waals surface area (Å²) in [6.07, 6.45) is 12.9. The number of ketones is 1. The Morgan fingerprint density at radius 2 is 1.38 bits per heavy atom. The van der Waals surface area contributed by atoms with Crippen molar-refractivity contribution in [2.24, 2.45) is 33.5 Å². The first-order valence-electron chi connectivity index (χ1n) is 17.9. The summed E-state index contributed by atoms with van der Waals surface area (Å²) in [5.74, 6) is 0.590. The molecule has 2 spiro atoms. The van der Waals surface area contributed by atoms with Crippen LogP contribution in [-0.4, -0.2) is 39.1 Å². The number of aliphatic hydroxyl groups is 2. The number of β-amino-alcohol motifs (C(OH)–C–C–N with tert-alkyl or cyclic N) is 1. The van der Waals surface area contributed by atoms with Crippen LogP contribution in [0, 0.1) is 33.5 Å². The van der Waals surface area contributed by atoms with Gasteiger partial charge in [-0.05, 0) is 84.5 Å². The van der Waals surface area contributed by atoms with Crippen LogP contribution in [-0.2, 0) is 13.1 Å². The Morgan fingerprint density at radius 3 is 2.11 bits per heavy atom. The number of rotatable bonds is 5. The second kappa shape index (κ2) is 10.1. The van der Waals surface area contributed by atoms with E-state index in [-0.39, 0.29) is 34.1 Å². The highest BCUT2D eigenvalue weighted by molar-refractivity contribution is 6.10. The van der Waals surface area contributed by atoms with Crippen LogP contribution in [0.3, 0.4) is 0 Å². The van der Waals surface area contributed by atoms with E-state index in [1.807, 2.05) is 30.3 Å². The Kier molecular flexibility index (Phi) is 6.41. The molecule has 10 rings (SSSR count). The monoisotopic (exact) mass is 625 g/mol. The summed E-state index contributed by atoms with van der Waals surface area (Å²) in [4.78, 5) is 17.4. The van der Waals surface area contributed by atoms with Gasteiger partial charge in [-0.15, -0.1) is 0 Å². The summed E-state index contributed by atoms with van der Waals surface area (Å²) in [7, 11) is 0. The number of carbonyl (C=O) groups excluding carboxylic acids is 1. The van der Waals surface area contributed by atoms with Crippen LogP contribution in [0.25, 0.3) is 11.1 Å². The number of Topliss-reactive ketones (excluding diaryl/α,β-unsaturated/α-hetero) is 1. The summed E-state index contributed by atoms with van der Waals surface area (Å²) in [5, 5.41) is 23.8. The average molecular weight is 626 g/mol. The van der Waals surface area contributed by atoms with E-state index in [2.05, 4.69) is 85.5 Å². The quantitative estimate of drug-likeness (QED) is 0.222. The SMILES string of the molecule is C[C@]12CC[C@H]3[C@]4(C=C[C@@]5(C=C4C(=O)c4ccc(-c6ccccc6)cc4)CC(O)CC[C@]35C)[C@@H]1CC[C@@]2(O)CN1Cc2ccccc2C1. The maximum Gasteiger partial charge on any atom is 0.189 e. The molecule has 1 aliphatic heterocycles. The van der Waals surface area contributed by atoms with Crippen LogP contribution in [0.15, 0.2) is 103 Å². The minimum atomic E-state index is -0.825. The van der Waals surface area contributed by atoms with Gasteiger partial charge < -0.3 is 10.2 Å². The molecule has 3 saturated carbocycles. The smallest absolute Gasteiger partial charge is 0.189 e. The normalized spacial score (nSPS) is 39.9. The predicted octanol–water partition coefficient (Wildman–Crippen LogP) is 8.14. The molecule has 2 N–H and O–H groups in total. The zero-order valence-electron chi connectivity index (χ0n) is 27.8. The molecule has 1 heterocycles. The van der Waals surface area contributed by atoms with Crippen LogP contribution in [0.4, 0.5) is 0 Å². The topological polar surface area (TPSA) is 60.8 Å². The maximum atomic E-state index is 15.0. The summed E-state index contributed by atoms with van der Waals surface area (Å²) in [6.45, 7) is 7.25. The molecular weight excluding hydrogens is 578 g/mol. The molecule has 1 unspecified atom stereocenters. The third-order valence-electron chi connectivity index (χ3n) is 14.6. The lowest BCUT2D eigenvalue weighted by Crippen LogP contribution is -2.67. The predicted molar refractivity (Wildman–Crippen MR) is 185 cm³/mol. The van der Waals surface area contributed by atoms with Crippen molar-refractivity contribution in [3.05, 3.63) is 119 Å². The summed E-state index contributed by atoms with van der Waals surface area (Å²) in [6, 6.07) is 27.2. The summed E-state index contributed by atoms with van der Waals surface area (Å²) >= 11 is 0. The fourth-order valence-electron chi connectivity index (χ4n) is 12.1. The van der Waals surface area contributed by atoms with Gasteiger partial charge in [0.15, 0.2) is 5.78 Å². The van der Waals surface area contributed by atoms with Gasteiger partial charge in [-0.1, -0.05) is 111 Å². The van der Waals surface area contributed by atoms with Gasteiger partial charge in [0.05, 0.1) is 11.7 Å². The fraction of sp³-hybridized carbons (Fsp3) is 0.465. The first-order chi connectivity index (χ1) is 22.6. The number of fused-ring (bicyclic) bond motifs is 2. The van der Waals surface area contributed by atoms with Gasteiger partial charge in [-0.25, -0.2) is 0 Å². The Bertz CT molecular complexity index is 1790. The molecule has 7 aliphatic rings. The molecule has 242 valence electrons. The molecule has 4 nitrogen and oxygen atoms in total.